The van der Waals surface area contributed by atoms with Crippen molar-refractivity contribution in [2.24, 2.45) is 5.92 Å². The van der Waals surface area contributed by atoms with Gasteiger partial charge in [0.15, 0.2) is 12.0 Å². The van der Waals surface area contributed by atoms with Crippen molar-refractivity contribution < 1.29 is 18.7 Å². The topological polar surface area (TPSA) is 140 Å². The molecule has 0 saturated heterocycles. The molecule has 1 N–H and O–H groups in total. The van der Waals surface area contributed by atoms with Gasteiger partial charge in [0.2, 0.25) is 5.69 Å². The predicted octanol–water partition coefficient (Wildman–Crippen LogP) is 4.58. The molecule has 0 aliphatic heterocycles. The average molecular weight is 576 g/mol. The van der Waals surface area contributed by atoms with Gasteiger partial charge in [0.1, 0.15) is 18.1 Å². The number of ether oxygens (including phenoxy) is 1. The van der Waals surface area contributed by atoms with Crippen molar-refractivity contribution in [3.05, 3.63) is 89.0 Å². The smallest absolute Gasteiger partial charge is 0.411 e. The van der Waals surface area contributed by atoms with Crippen LogP contribution < -0.4 is 10.0 Å². The summed E-state index contributed by atoms with van der Waals surface area (Å²) in [5.74, 6) is -0.219. The highest BCUT2D eigenvalue weighted by atomic mass is 35.5. The SMILES string of the molecule is COC(=O)Nc1ccc(-c2cn([C@H](CC3CC3)c3ccc(-c4c(-n5cnnn5)ccc(Cl)c4F)c[n+]3[O-])nn2)cc1. The van der Waals surface area contributed by atoms with Crippen LogP contribution in [0.5, 0.6) is 0 Å². The third-order valence-corrected chi connectivity index (χ3v) is 7.23. The first-order valence-electron chi connectivity index (χ1n) is 12.7. The van der Waals surface area contributed by atoms with Gasteiger partial charge in [-0.25, -0.2) is 13.9 Å². The number of methoxy groups -OCH3 is 1. The van der Waals surface area contributed by atoms with Crippen LogP contribution in [0.4, 0.5) is 14.9 Å². The monoisotopic (exact) mass is 575 g/mol. The summed E-state index contributed by atoms with van der Waals surface area (Å²) in [7, 11) is 1.29. The number of pyridine rings is 1. The molecule has 2 aromatic carbocycles. The standard InChI is InChI=1S/C27H23ClFN9O3/c1-41-27(39)31-19-7-4-17(5-8-19)21-14-36(34-32-21)24(12-16-2-3-16)22-10-6-18(13-38(22)40)25-23(37-15-30-33-35-37)11-9-20(28)26(25)29/h4-11,13-16,24H,2-3,12H2,1H3,(H,31,39)/t24-/m1/s1. The minimum absolute atomic E-state index is 0.0887. The number of anilines is 1. The van der Waals surface area contributed by atoms with Crippen molar-refractivity contribution in [1.82, 2.24) is 35.2 Å². The van der Waals surface area contributed by atoms with Gasteiger partial charge in [-0.15, -0.1) is 10.2 Å². The van der Waals surface area contributed by atoms with Gasteiger partial charge in [-0.1, -0.05) is 41.8 Å². The normalized spacial score (nSPS) is 13.6. The number of hydrogen-bond acceptors (Lipinski definition) is 8. The van der Waals surface area contributed by atoms with Gasteiger partial charge in [-0.3, -0.25) is 5.32 Å². The first kappa shape index (κ1) is 26.3. The summed E-state index contributed by atoms with van der Waals surface area (Å²) in [4.78, 5) is 11.5. The van der Waals surface area contributed by atoms with E-state index in [4.69, 9.17) is 11.6 Å². The molecule has 0 spiro atoms. The summed E-state index contributed by atoms with van der Waals surface area (Å²) >= 11 is 6.09. The quantitative estimate of drug-likeness (QED) is 0.209. The van der Waals surface area contributed by atoms with Crippen molar-refractivity contribution in [1.29, 1.82) is 0 Å². The van der Waals surface area contributed by atoms with Crippen molar-refractivity contribution in [2.45, 2.75) is 25.3 Å². The number of amides is 1. The van der Waals surface area contributed by atoms with Crippen molar-refractivity contribution in [3.8, 4) is 28.1 Å². The fraction of sp³-hybridized carbons (Fsp3) is 0.222. The predicted molar refractivity (Wildman–Crippen MR) is 145 cm³/mol. The minimum Gasteiger partial charge on any atom is -0.618 e. The Balaban J connectivity index is 1.33. The Bertz CT molecular complexity index is 1710. The number of carbonyl (C=O) groups is 1. The first-order chi connectivity index (χ1) is 19.9. The number of tetrazole rings is 1. The lowest BCUT2D eigenvalue weighted by molar-refractivity contribution is -0.615. The van der Waals surface area contributed by atoms with Gasteiger partial charge >= 0.3 is 6.09 Å². The zero-order chi connectivity index (χ0) is 28.5. The maximum atomic E-state index is 15.3. The van der Waals surface area contributed by atoms with Crippen LogP contribution in [0.25, 0.3) is 28.1 Å². The molecule has 1 aliphatic carbocycles. The molecule has 12 nitrogen and oxygen atoms in total. The van der Waals surface area contributed by atoms with Crippen molar-refractivity contribution >= 4 is 23.4 Å². The summed E-state index contributed by atoms with van der Waals surface area (Å²) in [6.07, 6.45) is 6.74. The molecule has 1 amide bonds. The van der Waals surface area contributed by atoms with Gasteiger partial charge < -0.3 is 9.94 Å². The molecule has 14 heteroatoms. The Morgan fingerprint density at radius 1 is 1.17 bits per heavy atom. The number of carbonyl (C=O) groups excluding carboxylic acids is 1. The summed E-state index contributed by atoms with van der Waals surface area (Å²) in [6, 6.07) is 13.0. The second-order valence-corrected chi connectivity index (χ2v) is 10.1. The molecule has 1 aliphatic rings. The average Bonchev–Trinajstić information content (AvgIpc) is 3.41. The molecule has 41 heavy (non-hydrogen) atoms. The number of aromatic nitrogens is 8. The van der Waals surface area contributed by atoms with Crippen molar-refractivity contribution in [2.75, 3.05) is 12.4 Å². The van der Waals surface area contributed by atoms with Gasteiger partial charge in [0.25, 0.3) is 0 Å². The number of benzene rings is 2. The molecular weight excluding hydrogens is 553 g/mol. The van der Waals surface area contributed by atoms with Crippen LogP contribution in [0.3, 0.4) is 0 Å². The van der Waals surface area contributed by atoms with Crippen LogP contribution in [-0.4, -0.2) is 48.4 Å². The summed E-state index contributed by atoms with van der Waals surface area (Å²) < 4.78 is 23.6. The Labute approximate surface area is 237 Å². The molecule has 0 unspecified atom stereocenters. The summed E-state index contributed by atoms with van der Waals surface area (Å²) in [6.45, 7) is 0. The number of hydrogen-bond donors (Lipinski definition) is 1. The highest BCUT2D eigenvalue weighted by molar-refractivity contribution is 6.31. The maximum absolute atomic E-state index is 15.3. The zero-order valence-corrected chi connectivity index (χ0v) is 22.4. The minimum atomic E-state index is -0.685. The van der Waals surface area contributed by atoms with E-state index >= 15 is 4.39 Å². The molecule has 3 heterocycles. The van der Waals surface area contributed by atoms with E-state index in [0.29, 0.717) is 40.7 Å². The van der Waals surface area contributed by atoms with E-state index in [1.165, 1.54) is 30.4 Å². The van der Waals surface area contributed by atoms with Gasteiger partial charge in [-0.05, 0) is 53.1 Å². The highest BCUT2D eigenvalue weighted by Crippen LogP contribution is 2.39. The molecule has 5 aromatic rings. The maximum Gasteiger partial charge on any atom is 0.411 e. The molecule has 0 radical (unpaired) electrons. The number of halogens is 2. The Kier molecular flexibility index (Phi) is 7.01. The number of nitrogens with zero attached hydrogens (tertiary/aromatic N) is 8. The molecule has 6 rings (SSSR count). The summed E-state index contributed by atoms with van der Waals surface area (Å²) in [5, 5.41) is 35.8. The van der Waals surface area contributed by atoms with E-state index in [9.17, 15) is 10.0 Å². The third kappa shape index (κ3) is 5.43. The largest absolute Gasteiger partial charge is 0.618 e. The second-order valence-electron chi connectivity index (χ2n) is 9.65. The van der Waals surface area contributed by atoms with Gasteiger partial charge in [0.05, 0.1) is 35.1 Å². The molecule has 208 valence electrons. The van der Waals surface area contributed by atoms with E-state index in [-0.39, 0.29) is 10.6 Å². The lowest BCUT2D eigenvalue weighted by Gasteiger charge is -2.17. The molecule has 1 fully saturated rings. The highest BCUT2D eigenvalue weighted by Gasteiger charge is 2.32. The molecule has 3 aromatic heterocycles. The van der Waals surface area contributed by atoms with E-state index in [1.807, 2.05) is 0 Å². The van der Waals surface area contributed by atoms with Gasteiger partial charge in [-0.2, -0.15) is 9.41 Å². The third-order valence-electron chi connectivity index (χ3n) is 6.94. The van der Waals surface area contributed by atoms with E-state index in [1.54, 1.807) is 53.3 Å². The van der Waals surface area contributed by atoms with Crippen LogP contribution >= 0.6 is 11.6 Å². The Morgan fingerprint density at radius 3 is 2.63 bits per heavy atom. The number of rotatable bonds is 8. The summed E-state index contributed by atoms with van der Waals surface area (Å²) in [5.41, 5.74) is 3.18. The molecule has 1 atom stereocenters. The van der Waals surface area contributed by atoms with E-state index < -0.39 is 18.0 Å². The number of nitrogens with one attached hydrogen (secondary N) is 1. The zero-order valence-electron chi connectivity index (χ0n) is 21.7. The Hall–Kier alpha value is -4.91. The van der Waals surface area contributed by atoms with Gasteiger partial charge in [0, 0.05) is 17.3 Å². The van der Waals surface area contributed by atoms with Crippen LogP contribution in [0.2, 0.25) is 5.02 Å². The Morgan fingerprint density at radius 2 is 1.95 bits per heavy atom. The first-order valence-corrected chi connectivity index (χ1v) is 13.1. The van der Waals surface area contributed by atoms with Crippen molar-refractivity contribution in [3.63, 3.8) is 0 Å². The second kappa shape index (κ2) is 10.9. The molecule has 1 saturated carbocycles. The van der Waals surface area contributed by atoms with Crippen LogP contribution in [0.1, 0.15) is 31.0 Å². The van der Waals surface area contributed by atoms with Crippen LogP contribution in [0.15, 0.2) is 67.3 Å². The van der Waals surface area contributed by atoms with E-state index in [0.717, 1.165) is 23.1 Å². The van der Waals surface area contributed by atoms with E-state index in [2.05, 4.69) is 35.9 Å². The molecular formula is C27H23ClFN9O3. The molecule has 0 bridgehead atoms. The lowest BCUT2D eigenvalue weighted by atomic mass is 10.0. The fourth-order valence-corrected chi connectivity index (χ4v) is 4.82. The lowest BCUT2D eigenvalue weighted by Crippen LogP contribution is -2.35. The van der Waals surface area contributed by atoms with Crippen LogP contribution in [-0.2, 0) is 4.74 Å². The fourth-order valence-electron chi connectivity index (χ4n) is 4.66. The van der Waals surface area contributed by atoms with Crippen LogP contribution in [0, 0.1) is 16.9 Å².